The largest absolute Gasteiger partial charge is 0.456 e. The highest BCUT2D eigenvalue weighted by atomic mass is 16.3. The number of fused-ring (bicyclic) bond motifs is 4. The number of para-hydroxylation sites is 2. The van der Waals surface area contributed by atoms with Crippen LogP contribution in [0.4, 0.5) is 17.1 Å². The second-order valence-electron chi connectivity index (χ2n) is 14.6. The summed E-state index contributed by atoms with van der Waals surface area (Å²) in [5, 5.41) is 6.70. The van der Waals surface area contributed by atoms with Crippen molar-refractivity contribution in [1.29, 1.82) is 0 Å². The first-order chi connectivity index (χ1) is 28.7. The summed E-state index contributed by atoms with van der Waals surface area (Å²) in [7, 11) is 0. The van der Waals surface area contributed by atoms with Crippen LogP contribution in [-0.4, -0.2) is 0 Å². The fourth-order valence-electron chi connectivity index (χ4n) is 8.12. The molecule has 9 aromatic carbocycles. The van der Waals surface area contributed by atoms with Crippen LogP contribution in [0.2, 0.25) is 0 Å². The molecule has 0 bridgehead atoms. The van der Waals surface area contributed by atoms with E-state index < -0.39 is 0 Å². The zero-order chi connectivity index (χ0) is 38.8. The number of hydrogen-bond acceptors (Lipinski definition) is 2. The molecule has 2 heteroatoms. The highest BCUT2D eigenvalue weighted by Crippen LogP contribution is 2.47. The lowest BCUT2D eigenvalue weighted by Crippen LogP contribution is -2.21. The Labute approximate surface area is 338 Å². The third-order valence-corrected chi connectivity index (χ3v) is 11.0. The minimum absolute atomic E-state index is 0.873. The number of furan rings is 1. The van der Waals surface area contributed by atoms with E-state index in [1.165, 1.54) is 21.9 Å². The summed E-state index contributed by atoms with van der Waals surface area (Å²) in [5.41, 5.74) is 13.0. The van der Waals surface area contributed by atoms with Crippen molar-refractivity contribution in [3.05, 3.63) is 228 Å². The number of rotatable bonds is 8. The van der Waals surface area contributed by atoms with Crippen molar-refractivity contribution in [3.8, 4) is 33.4 Å². The molecule has 1 aromatic heterocycles. The van der Waals surface area contributed by atoms with Crippen LogP contribution < -0.4 is 15.3 Å². The lowest BCUT2D eigenvalue weighted by molar-refractivity contribution is 0.669. The second kappa shape index (κ2) is 15.1. The number of nitrogens with zero attached hydrogens (tertiary/aromatic N) is 1. The fraction of sp³-hybridized carbons (Fsp3) is 0. The zero-order valence-electron chi connectivity index (χ0n) is 31.9. The summed E-state index contributed by atoms with van der Waals surface area (Å²) in [5.74, 6) is 0. The highest BCUT2D eigenvalue weighted by molar-refractivity contribution is 6.16. The third-order valence-electron chi connectivity index (χ3n) is 11.0. The Morgan fingerprint density at radius 2 is 1.05 bits per heavy atom. The second-order valence-corrected chi connectivity index (χ2v) is 14.6. The summed E-state index contributed by atoms with van der Waals surface area (Å²) >= 11 is 0. The monoisotopic (exact) mass is 741 g/mol. The lowest BCUT2D eigenvalue weighted by atomic mass is 9.95. The molecule has 0 N–H and O–H groups in total. The van der Waals surface area contributed by atoms with E-state index >= 15 is 0 Å². The average Bonchev–Trinajstić information content (AvgIpc) is 3.65. The molecule has 58 heavy (non-hydrogen) atoms. The number of allylic oxidation sites excluding steroid dienone is 1. The van der Waals surface area contributed by atoms with E-state index in [1.807, 2.05) is 18.2 Å². The molecule has 1 heterocycles. The van der Waals surface area contributed by atoms with Crippen molar-refractivity contribution in [2.24, 2.45) is 0 Å². The van der Waals surface area contributed by atoms with E-state index in [0.717, 1.165) is 77.3 Å². The van der Waals surface area contributed by atoms with Crippen molar-refractivity contribution in [2.45, 2.75) is 0 Å². The van der Waals surface area contributed by atoms with Gasteiger partial charge in [0, 0.05) is 27.6 Å². The van der Waals surface area contributed by atoms with E-state index in [2.05, 4.69) is 218 Å². The zero-order valence-corrected chi connectivity index (χ0v) is 31.9. The van der Waals surface area contributed by atoms with Gasteiger partial charge in [0.15, 0.2) is 0 Å². The molecule has 0 saturated carbocycles. The first kappa shape index (κ1) is 34.8. The van der Waals surface area contributed by atoms with Gasteiger partial charge in [-0.1, -0.05) is 189 Å². The predicted octanol–water partition coefficient (Wildman–Crippen LogP) is 14.1. The van der Waals surface area contributed by atoms with E-state index in [-0.39, 0.29) is 0 Å². The summed E-state index contributed by atoms with van der Waals surface area (Å²) in [4.78, 5) is 2.41. The topological polar surface area (TPSA) is 16.4 Å². The fourth-order valence-corrected chi connectivity index (χ4v) is 8.12. The summed E-state index contributed by atoms with van der Waals surface area (Å²) in [6.07, 6.45) is 6.35. The maximum Gasteiger partial charge on any atom is 0.136 e. The van der Waals surface area contributed by atoms with Crippen LogP contribution >= 0.6 is 0 Å². The normalized spacial score (nSPS) is 11.9. The van der Waals surface area contributed by atoms with Gasteiger partial charge >= 0.3 is 0 Å². The average molecular weight is 742 g/mol. The molecule has 0 spiro atoms. The van der Waals surface area contributed by atoms with E-state index in [1.54, 1.807) is 0 Å². The van der Waals surface area contributed by atoms with Gasteiger partial charge < -0.3 is 9.32 Å². The molecule has 0 atom stereocenters. The molecule has 0 aliphatic carbocycles. The van der Waals surface area contributed by atoms with Crippen LogP contribution in [-0.2, 0) is 0 Å². The highest BCUT2D eigenvalue weighted by Gasteiger charge is 2.22. The van der Waals surface area contributed by atoms with Gasteiger partial charge in [0.1, 0.15) is 11.2 Å². The quantitative estimate of drug-likeness (QED) is 0.154. The van der Waals surface area contributed by atoms with E-state index in [9.17, 15) is 0 Å². The van der Waals surface area contributed by atoms with Crippen LogP contribution in [0.25, 0.3) is 84.8 Å². The van der Waals surface area contributed by atoms with Gasteiger partial charge in [-0.05, 0) is 91.5 Å². The third kappa shape index (κ3) is 6.57. The number of benzene rings is 9. The number of hydrogen-bond donors (Lipinski definition) is 0. The van der Waals surface area contributed by atoms with Crippen molar-refractivity contribution >= 4 is 68.5 Å². The number of anilines is 3. The van der Waals surface area contributed by atoms with Gasteiger partial charge in [0.25, 0.3) is 0 Å². The molecular weight excluding hydrogens is 703 g/mol. The van der Waals surface area contributed by atoms with Gasteiger partial charge in [0.05, 0.1) is 11.4 Å². The maximum atomic E-state index is 6.56. The van der Waals surface area contributed by atoms with E-state index in [4.69, 9.17) is 4.42 Å². The van der Waals surface area contributed by atoms with Crippen LogP contribution in [0, 0.1) is 0 Å². The summed E-state index contributed by atoms with van der Waals surface area (Å²) in [6, 6.07) is 73.3. The molecule has 0 aliphatic heterocycles. The Kier molecular flexibility index (Phi) is 9.06. The van der Waals surface area contributed by atoms with Crippen LogP contribution in [0.5, 0.6) is 0 Å². The van der Waals surface area contributed by atoms with Gasteiger partial charge in [-0.2, -0.15) is 0 Å². The van der Waals surface area contributed by atoms with Crippen LogP contribution in [0.3, 0.4) is 0 Å². The molecule has 0 saturated heterocycles. The first-order valence-corrected chi connectivity index (χ1v) is 19.7. The van der Waals surface area contributed by atoms with Gasteiger partial charge in [-0.25, -0.2) is 0 Å². The molecule has 0 unspecified atom stereocenters. The van der Waals surface area contributed by atoms with Crippen molar-refractivity contribution < 1.29 is 4.42 Å². The Bertz CT molecular complexity index is 3230. The van der Waals surface area contributed by atoms with Crippen molar-refractivity contribution in [1.82, 2.24) is 0 Å². The van der Waals surface area contributed by atoms with Gasteiger partial charge in [-0.15, -0.1) is 0 Å². The molecule has 0 fully saturated rings. The van der Waals surface area contributed by atoms with Crippen LogP contribution in [0.15, 0.2) is 217 Å². The van der Waals surface area contributed by atoms with E-state index in [0.29, 0.717) is 0 Å². The predicted molar refractivity (Wildman–Crippen MR) is 247 cm³/mol. The molecule has 274 valence electrons. The molecule has 10 rings (SSSR count). The van der Waals surface area contributed by atoms with Crippen molar-refractivity contribution in [2.75, 3.05) is 4.90 Å². The Morgan fingerprint density at radius 1 is 0.448 bits per heavy atom. The Hall–Kier alpha value is -7.68. The standard InChI is InChI=1S/C56H39NO/c1-39-15-5-6-17-41(39)22-13-16-40-29-35-47(36-30-40)57(52-26-11-9-23-48(52)44-33-31-43(32-34-44)42-18-3-2-4-19-42)53-27-12-10-24-49(53)50-25-14-28-54-56(50)51-37-45-20-7-8-21-46(45)38-55(51)58-54/h2-38H,1H2/b16-13+,41-22-. The molecule has 10 aromatic rings. The van der Waals surface area contributed by atoms with Crippen LogP contribution in [0.1, 0.15) is 5.56 Å². The maximum absolute atomic E-state index is 6.56. The van der Waals surface area contributed by atoms with Gasteiger partial charge in [-0.3, -0.25) is 0 Å². The smallest absolute Gasteiger partial charge is 0.136 e. The molecule has 2 nitrogen and oxygen atoms in total. The molecule has 0 amide bonds. The Morgan fingerprint density at radius 3 is 1.83 bits per heavy atom. The summed E-state index contributed by atoms with van der Waals surface area (Å²) in [6.45, 7) is 4.18. The molecule has 0 radical (unpaired) electrons. The minimum Gasteiger partial charge on any atom is -0.456 e. The first-order valence-electron chi connectivity index (χ1n) is 19.7. The van der Waals surface area contributed by atoms with Gasteiger partial charge in [0.2, 0.25) is 0 Å². The minimum atomic E-state index is 0.873. The SMILES string of the molecule is C=c1cccc/c1=C/C=C/c1ccc(N(c2ccccc2-c2ccc(-c3ccccc3)cc2)c2ccccc2-c2cccc3oc4cc5ccccc5cc4c23)cc1. The Balaban J connectivity index is 1.14. The molecule has 0 aliphatic rings. The molecular formula is C56H39NO. The summed E-state index contributed by atoms with van der Waals surface area (Å²) < 4.78 is 6.56. The van der Waals surface area contributed by atoms with Crippen molar-refractivity contribution in [3.63, 3.8) is 0 Å². The lowest BCUT2D eigenvalue weighted by Gasteiger charge is -2.30.